The summed E-state index contributed by atoms with van der Waals surface area (Å²) in [7, 11) is 0. The van der Waals surface area contributed by atoms with E-state index in [9.17, 15) is 9.59 Å². The summed E-state index contributed by atoms with van der Waals surface area (Å²) in [5.74, 6) is 0.709. The highest BCUT2D eigenvalue weighted by atomic mass is 16.8. The van der Waals surface area contributed by atoms with Gasteiger partial charge in [-0.15, -0.1) is 0 Å². The van der Waals surface area contributed by atoms with Gasteiger partial charge in [0.15, 0.2) is 0 Å². The number of benzene rings is 3. The first-order chi connectivity index (χ1) is 25.5. The van der Waals surface area contributed by atoms with E-state index >= 15 is 0 Å². The minimum Gasteiger partial charge on any atom is -0.498 e. The average molecular weight is 729 g/mol. The summed E-state index contributed by atoms with van der Waals surface area (Å²) in [6.07, 6.45) is 5.98. The second-order valence-corrected chi connectivity index (χ2v) is 12.7. The molecule has 3 aromatic carbocycles. The van der Waals surface area contributed by atoms with Gasteiger partial charge in [-0.25, -0.2) is 9.59 Å². The van der Waals surface area contributed by atoms with Crippen LogP contribution in [0.5, 0.6) is 0 Å². The molecule has 0 aliphatic heterocycles. The molecule has 0 bridgehead atoms. The van der Waals surface area contributed by atoms with Crippen molar-refractivity contribution in [2.24, 2.45) is 10.2 Å². The predicted molar refractivity (Wildman–Crippen MR) is 220 cm³/mol. The molecule has 0 amide bonds. The molecule has 3 unspecified atom stereocenters. The van der Waals surface area contributed by atoms with Crippen LogP contribution in [-0.2, 0) is 20.6 Å². The van der Waals surface area contributed by atoms with Crippen LogP contribution in [0.4, 0.5) is 4.79 Å². The lowest BCUT2D eigenvalue weighted by Gasteiger charge is -2.23. The zero-order valence-electron chi connectivity index (χ0n) is 33.9. The van der Waals surface area contributed by atoms with Crippen LogP contribution in [0.1, 0.15) is 152 Å². The maximum absolute atomic E-state index is 12.4. The third kappa shape index (κ3) is 16.2. The third-order valence-corrected chi connectivity index (χ3v) is 8.68. The van der Waals surface area contributed by atoms with Crippen molar-refractivity contribution in [2.45, 2.75) is 132 Å². The number of unbranched alkanes of at least 4 members (excludes halogenated alkanes) is 1. The highest BCUT2D eigenvalue weighted by Crippen LogP contribution is 2.33. The molecular weight excluding hydrogens is 665 g/mol. The van der Waals surface area contributed by atoms with Gasteiger partial charge in [0.2, 0.25) is 6.29 Å². The van der Waals surface area contributed by atoms with Crippen molar-refractivity contribution in [2.75, 3.05) is 6.61 Å². The number of nitrogens with zero attached hydrogens (tertiary/aromatic N) is 2. The number of ether oxygens (including phenoxy) is 3. The molecule has 3 aromatic rings. The number of carbonyl (C=O) groups is 2. The fourth-order valence-electron chi connectivity index (χ4n) is 5.49. The quantitative estimate of drug-likeness (QED) is 0.0349. The summed E-state index contributed by atoms with van der Waals surface area (Å²) < 4.78 is 14.9. The van der Waals surface area contributed by atoms with Gasteiger partial charge < -0.3 is 19.3 Å². The van der Waals surface area contributed by atoms with Gasteiger partial charge in [0.05, 0.1) is 23.6 Å². The summed E-state index contributed by atoms with van der Waals surface area (Å²) in [4.78, 5) is 23.0. The van der Waals surface area contributed by atoms with Crippen molar-refractivity contribution >= 4 is 24.1 Å². The Balaban J connectivity index is 0.000000516. The number of hydrogen-bond acceptors (Lipinski definition) is 7. The largest absolute Gasteiger partial charge is 0.508 e. The first-order valence-corrected chi connectivity index (χ1v) is 19.3. The molecule has 0 saturated carbocycles. The van der Waals surface area contributed by atoms with E-state index < -0.39 is 18.4 Å². The molecule has 3 rings (SSSR count). The standard InChI is InChI=1S/C25H32N2O.C18H26O5.C2H6/c1-5-7-13-25(27-26-18-10-19-28-20(3)4)24-12-9-8-11-23(24)22-16-14-21(6-2)15-17-22;1-6-11(3)14-9-8-10-15(16(14)12(4)7-2)17(19)22-13(5)23-18(20)21;1-2/h8-9,11-12,14-18H,3,5-7,10,13,19H2,1-2,4H3;8-13H,6-7H2,1-5H3,(H,20,21);1-2H3/b26-18+,27-25+;;. The lowest BCUT2D eigenvalue weighted by Crippen LogP contribution is -2.22. The number of carboxylic acid groups (broad SMARTS) is 1. The van der Waals surface area contributed by atoms with Crippen LogP contribution in [0.25, 0.3) is 11.1 Å². The van der Waals surface area contributed by atoms with Crippen LogP contribution in [0.15, 0.2) is 89.3 Å². The number of rotatable bonds is 18. The predicted octanol–water partition coefficient (Wildman–Crippen LogP) is 12.8. The van der Waals surface area contributed by atoms with Gasteiger partial charge in [-0.2, -0.15) is 10.2 Å². The van der Waals surface area contributed by atoms with Gasteiger partial charge in [-0.05, 0) is 84.7 Å². The minimum atomic E-state index is -1.47. The van der Waals surface area contributed by atoms with Crippen molar-refractivity contribution in [3.8, 4) is 11.1 Å². The second kappa shape index (κ2) is 26.1. The Labute approximate surface area is 319 Å². The zero-order valence-corrected chi connectivity index (χ0v) is 33.9. The molecule has 53 heavy (non-hydrogen) atoms. The summed E-state index contributed by atoms with van der Waals surface area (Å²) in [6.45, 7) is 24.3. The Morgan fingerprint density at radius 1 is 0.849 bits per heavy atom. The first-order valence-electron chi connectivity index (χ1n) is 19.3. The molecule has 0 heterocycles. The van der Waals surface area contributed by atoms with E-state index in [1.807, 2.05) is 39.1 Å². The molecule has 0 spiro atoms. The van der Waals surface area contributed by atoms with Crippen molar-refractivity contribution in [3.05, 3.63) is 107 Å². The van der Waals surface area contributed by atoms with E-state index in [2.05, 4.69) is 112 Å². The van der Waals surface area contributed by atoms with Gasteiger partial charge >= 0.3 is 12.1 Å². The Morgan fingerprint density at radius 3 is 2.08 bits per heavy atom. The Morgan fingerprint density at radius 2 is 1.49 bits per heavy atom. The normalized spacial score (nSPS) is 12.7. The fourth-order valence-corrected chi connectivity index (χ4v) is 5.49. The lowest BCUT2D eigenvalue weighted by atomic mass is 9.83. The van der Waals surface area contributed by atoms with Crippen molar-refractivity contribution in [3.63, 3.8) is 0 Å². The molecular formula is C45H64N2O6. The van der Waals surface area contributed by atoms with Gasteiger partial charge in [0, 0.05) is 25.1 Å². The van der Waals surface area contributed by atoms with E-state index in [1.54, 1.807) is 6.07 Å². The molecule has 290 valence electrons. The first kappa shape index (κ1) is 46.3. The molecule has 3 atom stereocenters. The van der Waals surface area contributed by atoms with Crippen molar-refractivity contribution in [1.29, 1.82) is 0 Å². The molecule has 8 nitrogen and oxygen atoms in total. The van der Waals surface area contributed by atoms with Crippen LogP contribution >= 0.6 is 0 Å². The third-order valence-electron chi connectivity index (χ3n) is 8.68. The van der Waals surface area contributed by atoms with E-state index in [-0.39, 0.29) is 5.92 Å². The van der Waals surface area contributed by atoms with Crippen LogP contribution in [-0.4, -0.2) is 42.1 Å². The van der Waals surface area contributed by atoms with Crippen molar-refractivity contribution in [1.82, 2.24) is 0 Å². The average Bonchev–Trinajstić information content (AvgIpc) is 3.17. The number of esters is 1. The molecule has 0 aromatic heterocycles. The van der Waals surface area contributed by atoms with Gasteiger partial charge in [0.1, 0.15) is 0 Å². The van der Waals surface area contributed by atoms with Gasteiger partial charge in [0.25, 0.3) is 0 Å². The van der Waals surface area contributed by atoms with Crippen LogP contribution in [0.2, 0.25) is 0 Å². The van der Waals surface area contributed by atoms with Gasteiger partial charge in [-0.1, -0.05) is 129 Å². The minimum absolute atomic E-state index is 0.207. The van der Waals surface area contributed by atoms with Crippen molar-refractivity contribution < 1.29 is 28.9 Å². The molecule has 0 fully saturated rings. The Hall–Kier alpha value is -4.72. The molecule has 0 radical (unpaired) electrons. The van der Waals surface area contributed by atoms with E-state index in [0.717, 1.165) is 73.1 Å². The Bertz CT molecular complexity index is 1590. The van der Waals surface area contributed by atoms with Crippen LogP contribution in [0, 0.1) is 0 Å². The SMILES string of the molecule is C=C(C)OCC/C=N/N=C(\CCCC)c1ccccc1-c1ccc(CC)cc1.CC.CCC(C)c1cccc(C(=O)OC(C)OC(=O)O)c1C(C)CC. The summed E-state index contributed by atoms with van der Waals surface area (Å²) in [5, 5.41) is 17.5. The molecule has 0 saturated heterocycles. The number of hydrogen-bond donors (Lipinski definition) is 1. The smallest absolute Gasteiger partial charge is 0.498 e. The molecule has 1 N–H and O–H groups in total. The molecule has 0 aliphatic carbocycles. The maximum atomic E-state index is 12.4. The topological polar surface area (TPSA) is 107 Å². The number of aryl methyl sites for hydroxylation is 1. The monoisotopic (exact) mass is 728 g/mol. The maximum Gasteiger partial charge on any atom is 0.508 e. The molecule has 8 heteroatoms. The van der Waals surface area contributed by atoms with E-state index in [0.29, 0.717) is 18.1 Å². The Kier molecular flexibility index (Phi) is 22.8. The summed E-state index contributed by atoms with van der Waals surface area (Å²) >= 11 is 0. The summed E-state index contributed by atoms with van der Waals surface area (Å²) in [5.41, 5.74) is 8.59. The number of carbonyl (C=O) groups excluding carboxylic acids is 1. The van der Waals surface area contributed by atoms with Crippen LogP contribution in [0.3, 0.4) is 0 Å². The molecule has 0 aliphatic rings. The lowest BCUT2D eigenvalue weighted by molar-refractivity contribution is -0.0741. The summed E-state index contributed by atoms with van der Waals surface area (Å²) in [6, 6.07) is 22.9. The zero-order chi connectivity index (χ0) is 39.8. The highest BCUT2D eigenvalue weighted by Gasteiger charge is 2.24. The highest BCUT2D eigenvalue weighted by molar-refractivity contribution is 6.06. The van der Waals surface area contributed by atoms with E-state index in [4.69, 9.17) is 14.6 Å². The van der Waals surface area contributed by atoms with Gasteiger partial charge in [-0.3, -0.25) is 0 Å². The fraction of sp³-hybridized carbons (Fsp3) is 0.467. The van der Waals surface area contributed by atoms with Crippen LogP contribution < -0.4 is 0 Å². The number of allylic oxidation sites excluding steroid dienone is 1. The second-order valence-electron chi connectivity index (χ2n) is 12.7. The van der Waals surface area contributed by atoms with E-state index in [1.165, 1.54) is 23.6 Å².